The number of rotatable bonds is 7. The summed E-state index contributed by atoms with van der Waals surface area (Å²) in [4.78, 5) is 19.0. The summed E-state index contributed by atoms with van der Waals surface area (Å²) in [5, 5.41) is 13.2. The molecule has 0 radical (unpaired) electrons. The summed E-state index contributed by atoms with van der Waals surface area (Å²) < 4.78 is 5.45. The van der Waals surface area contributed by atoms with Crippen LogP contribution in [0, 0.1) is 0 Å². The molecule has 1 aromatic carbocycles. The zero-order chi connectivity index (χ0) is 22.4. The minimum absolute atomic E-state index is 0.0903. The molecule has 0 saturated carbocycles. The van der Waals surface area contributed by atoms with Crippen LogP contribution in [-0.2, 0) is 10.4 Å². The van der Waals surface area contributed by atoms with E-state index in [1.54, 1.807) is 18.4 Å². The number of hydrogen-bond acceptors (Lipinski definition) is 5. The maximum Gasteiger partial charge on any atom is 0.230 e. The molecule has 5 nitrogen and oxygen atoms in total. The third-order valence-corrected chi connectivity index (χ3v) is 8.20. The average molecular weight is 457 g/mol. The van der Waals surface area contributed by atoms with E-state index in [0.717, 1.165) is 68.2 Å². The Morgan fingerprint density at radius 2 is 1.75 bits per heavy atom. The number of aliphatic hydroxyl groups is 1. The van der Waals surface area contributed by atoms with Gasteiger partial charge in [0, 0.05) is 26.2 Å². The molecule has 4 rings (SSSR count). The van der Waals surface area contributed by atoms with Crippen molar-refractivity contribution in [2.24, 2.45) is 0 Å². The summed E-state index contributed by atoms with van der Waals surface area (Å²) >= 11 is 1.57. The molecule has 0 aliphatic carbocycles. The van der Waals surface area contributed by atoms with Gasteiger partial charge >= 0.3 is 0 Å². The number of thiophene rings is 1. The Morgan fingerprint density at radius 1 is 1.06 bits per heavy atom. The quantitative estimate of drug-likeness (QED) is 0.661. The van der Waals surface area contributed by atoms with Crippen LogP contribution in [0.1, 0.15) is 61.3 Å². The Hall–Kier alpha value is -1.89. The highest BCUT2D eigenvalue weighted by atomic mass is 32.1. The minimum atomic E-state index is -0.809. The monoisotopic (exact) mass is 456 g/mol. The number of methoxy groups -OCH3 is 1. The van der Waals surface area contributed by atoms with Gasteiger partial charge in [-0.2, -0.15) is 0 Å². The smallest absolute Gasteiger partial charge is 0.230 e. The van der Waals surface area contributed by atoms with Crippen molar-refractivity contribution in [2.45, 2.75) is 56.5 Å². The Labute approximate surface area is 196 Å². The van der Waals surface area contributed by atoms with E-state index in [0.29, 0.717) is 12.8 Å². The van der Waals surface area contributed by atoms with Gasteiger partial charge in [-0.3, -0.25) is 4.79 Å². The summed E-state index contributed by atoms with van der Waals surface area (Å²) in [6.07, 6.45) is 6.89. The number of piperidine rings is 1. The lowest BCUT2D eigenvalue weighted by Crippen LogP contribution is -2.43. The molecule has 2 aromatic rings. The van der Waals surface area contributed by atoms with Crippen molar-refractivity contribution in [3.05, 3.63) is 52.2 Å². The molecule has 6 heteroatoms. The molecule has 0 bridgehead atoms. The number of carbonyl (C=O) groups is 1. The van der Waals surface area contributed by atoms with Crippen LogP contribution >= 0.6 is 11.3 Å². The molecule has 174 valence electrons. The highest BCUT2D eigenvalue weighted by Crippen LogP contribution is 2.41. The number of benzene rings is 1. The number of amides is 1. The maximum atomic E-state index is 13.5. The van der Waals surface area contributed by atoms with Crippen LogP contribution in [0.5, 0.6) is 5.75 Å². The maximum absolute atomic E-state index is 13.5. The Balaban J connectivity index is 1.39. The number of hydrogen-bond donors (Lipinski definition) is 1. The van der Waals surface area contributed by atoms with Crippen LogP contribution in [0.4, 0.5) is 0 Å². The zero-order valence-corrected chi connectivity index (χ0v) is 20.0. The summed E-state index contributed by atoms with van der Waals surface area (Å²) in [6.45, 7) is 4.31. The SMILES string of the molecule is COc1ccsc1C1(O)CCN(CCC(C(=O)N2CCCCCC2)c2ccccc2)CC1. The molecule has 2 fully saturated rings. The third kappa shape index (κ3) is 5.36. The highest BCUT2D eigenvalue weighted by molar-refractivity contribution is 7.10. The van der Waals surface area contributed by atoms with E-state index in [1.165, 1.54) is 12.8 Å². The van der Waals surface area contributed by atoms with E-state index in [1.807, 2.05) is 29.6 Å². The predicted molar refractivity (Wildman–Crippen MR) is 129 cm³/mol. The van der Waals surface area contributed by atoms with Crippen LogP contribution in [0.3, 0.4) is 0 Å². The third-order valence-electron chi connectivity index (χ3n) is 7.11. The molecule has 2 saturated heterocycles. The second-order valence-corrected chi connectivity index (χ2v) is 10.1. The average Bonchev–Trinajstić information content (AvgIpc) is 3.16. The van der Waals surface area contributed by atoms with Crippen molar-refractivity contribution in [1.82, 2.24) is 9.80 Å². The van der Waals surface area contributed by atoms with Crippen molar-refractivity contribution in [3.8, 4) is 5.75 Å². The zero-order valence-electron chi connectivity index (χ0n) is 19.2. The van der Waals surface area contributed by atoms with E-state index in [4.69, 9.17) is 4.74 Å². The highest BCUT2D eigenvalue weighted by Gasteiger charge is 2.37. The predicted octanol–water partition coefficient (Wildman–Crippen LogP) is 4.62. The Kier molecular flexibility index (Phi) is 7.87. The normalized spacial score (nSPS) is 20.5. The van der Waals surface area contributed by atoms with Crippen molar-refractivity contribution >= 4 is 17.2 Å². The molecule has 0 spiro atoms. The van der Waals surface area contributed by atoms with Crippen molar-refractivity contribution in [2.75, 3.05) is 39.8 Å². The molecule has 1 unspecified atom stereocenters. The van der Waals surface area contributed by atoms with Gasteiger partial charge in [0.05, 0.1) is 17.9 Å². The summed E-state index contributed by atoms with van der Waals surface area (Å²) in [5.41, 5.74) is 0.315. The van der Waals surface area contributed by atoms with Crippen LogP contribution in [0.25, 0.3) is 0 Å². The lowest BCUT2D eigenvalue weighted by molar-refractivity contribution is -0.133. The first-order valence-corrected chi connectivity index (χ1v) is 12.9. The van der Waals surface area contributed by atoms with Gasteiger partial charge in [0.2, 0.25) is 5.91 Å². The van der Waals surface area contributed by atoms with Gasteiger partial charge in [0.25, 0.3) is 0 Å². The molecule has 1 N–H and O–H groups in total. The molecule has 2 aliphatic rings. The first kappa shape index (κ1) is 23.3. The summed E-state index contributed by atoms with van der Waals surface area (Å²) in [7, 11) is 1.66. The first-order chi connectivity index (χ1) is 15.6. The molecule has 2 aliphatic heterocycles. The van der Waals surface area contributed by atoms with Gasteiger partial charge in [-0.25, -0.2) is 0 Å². The molecule has 1 atom stereocenters. The fourth-order valence-corrected chi connectivity index (χ4v) is 6.13. The van der Waals surface area contributed by atoms with Gasteiger partial charge in [0.15, 0.2) is 0 Å². The Morgan fingerprint density at radius 3 is 2.41 bits per heavy atom. The molecular formula is C26H36N2O3S. The fourth-order valence-electron chi connectivity index (χ4n) is 5.11. The van der Waals surface area contributed by atoms with E-state index in [-0.39, 0.29) is 11.8 Å². The summed E-state index contributed by atoms with van der Waals surface area (Å²) in [5.74, 6) is 0.987. The second kappa shape index (κ2) is 10.8. The van der Waals surface area contributed by atoms with Gasteiger partial charge in [-0.05, 0) is 55.7 Å². The van der Waals surface area contributed by atoms with Gasteiger partial charge < -0.3 is 19.6 Å². The number of nitrogens with zero attached hydrogens (tertiary/aromatic N) is 2. The van der Waals surface area contributed by atoms with Crippen molar-refractivity contribution in [3.63, 3.8) is 0 Å². The first-order valence-electron chi connectivity index (χ1n) is 12.0. The molecule has 3 heterocycles. The van der Waals surface area contributed by atoms with E-state index >= 15 is 0 Å². The van der Waals surface area contributed by atoms with Crippen LogP contribution in [0.15, 0.2) is 41.8 Å². The summed E-state index contributed by atoms with van der Waals surface area (Å²) in [6, 6.07) is 12.2. The van der Waals surface area contributed by atoms with Gasteiger partial charge in [-0.15, -0.1) is 11.3 Å². The second-order valence-electron chi connectivity index (χ2n) is 9.18. The topological polar surface area (TPSA) is 53.0 Å². The standard InChI is InChI=1S/C26H36N2O3S/c1-31-23-12-20-32-24(23)26(30)13-18-27(19-14-26)17-11-22(21-9-5-4-6-10-21)25(29)28-15-7-2-3-8-16-28/h4-6,9-10,12,20,22,30H,2-3,7-8,11,13-19H2,1H3. The van der Waals surface area contributed by atoms with Crippen LogP contribution in [-0.4, -0.2) is 60.6 Å². The van der Waals surface area contributed by atoms with E-state index in [2.05, 4.69) is 21.9 Å². The number of carbonyl (C=O) groups excluding carboxylic acids is 1. The van der Waals surface area contributed by atoms with E-state index in [9.17, 15) is 9.90 Å². The van der Waals surface area contributed by atoms with E-state index < -0.39 is 5.60 Å². The Bertz CT molecular complexity index is 853. The molecule has 32 heavy (non-hydrogen) atoms. The number of likely N-dealkylation sites (tertiary alicyclic amines) is 2. The van der Waals surface area contributed by atoms with Gasteiger partial charge in [0.1, 0.15) is 11.4 Å². The molecule has 1 aromatic heterocycles. The minimum Gasteiger partial charge on any atom is -0.495 e. The lowest BCUT2D eigenvalue weighted by atomic mass is 9.88. The molecular weight excluding hydrogens is 420 g/mol. The van der Waals surface area contributed by atoms with Gasteiger partial charge in [-0.1, -0.05) is 43.2 Å². The van der Waals surface area contributed by atoms with Crippen LogP contribution < -0.4 is 4.74 Å². The fraction of sp³-hybridized carbons (Fsp3) is 0.577. The van der Waals surface area contributed by atoms with Crippen molar-refractivity contribution < 1.29 is 14.6 Å². The largest absolute Gasteiger partial charge is 0.495 e. The van der Waals surface area contributed by atoms with Crippen molar-refractivity contribution in [1.29, 1.82) is 0 Å². The number of ether oxygens (including phenoxy) is 1. The van der Waals surface area contributed by atoms with Crippen LogP contribution in [0.2, 0.25) is 0 Å². The lowest BCUT2D eigenvalue weighted by Gasteiger charge is -2.38. The molecule has 1 amide bonds.